The van der Waals surface area contributed by atoms with E-state index in [2.05, 4.69) is 0 Å². The molecule has 2 aliphatic rings. The number of carbonyl (C=O) groups excluding carboxylic acids is 1. The Hall–Kier alpha value is -1.45. The highest BCUT2D eigenvalue weighted by atomic mass is 32.2. The minimum Gasteiger partial charge on any atom is -0.335 e. The summed E-state index contributed by atoms with van der Waals surface area (Å²) in [6, 6.07) is 5.73. The lowest BCUT2D eigenvalue weighted by molar-refractivity contribution is 0.0708. The predicted molar refractivity (Wildman–Crippen MR) is 103 cm³/mol. The molecule has 27 heavy (non-hydrogen) atoms. The van der Waals surface area contributed by atoms with Gasteiger partial charge in [-0.2, -0.15) is 4.31 Å². The van der Waals surface area contributed by atoms with Crippen LogP contribution in [0.15, 0.2) is 29.2 Å². The minimum absolute atomic E-state index is 0.0294. The van der Waals surface area contributed by atoms with Gasteiger partial charge in [-0.3, -0.25) is 4.79 Å². The van der Waals surface area contributed by atoms with Gasteiger partial charge in [-0.1, -0.05) is 12.5 Å². The van der Waals surface area contributed by atoms with Gasteiger partial charge in [-0.25, -0.2) is 16.8 Å². The van der Waals surface area contributed by atoms with Crippen LogP contribution < -0.4 is 0 Å². The van der Waals surface area contributed by atoms with Crippen molar-refractivity contribution in [2.45, 2.75) is 43.5 Å². The Morgan fingerprint density at radius 2 is 1.93 bits per heavy atom. The Morgan fingerprint density at radius 3 is 2.52 bits per heavy atom. The first kappa shape index (κ1) is 20.3. The van der Waals surface area contributed by atoms with Gasteiger partial charge in [0.1, 0.15) is 0 Å². The molecule has 2 heterocycles. The van der Waals surface area contributed by atoms with Gasteiger partial charge in [0.25, 0.3) is 5.91 Å². The van der Waals surface area contributed by atoms with Crippen LogP contribution in [0, 0.1) is 0 Å². The SMILES string of the molecule is CCN(C(=O)c1cccc(S(=O)(=O)N2CCCCC2)c1)[C@@H]1CCS(=O)(=O)C1. The van der Waals surface area contributed by atoms with Crippen LogP contribution >= 0.6 is 0 Å². The largest absolute Gasteiger partial charge is 0.335 e. The highest BCUT2D eigenvalue weighted by Gasteiger charge is 2.34. The molecule has 0 N–H and O–H groups in total. The van der Waals surface area contributed by atoms with Gasteiger partial charge < -0.3 is 4.90 Å². The molecule has 150 valence electrons. The van der Waals surface area contributed by atoms with Crippen molar-refractivity contribution in [3.05, 3.63) is 29.8 Å². The van der Waals surface area contributed by atoms with Gasteiger partial charge in [0.2, 0.25) is 10.0 Å². The number of hydrogen-bond acceptors (Lipinski definition) is 5. The summed E-state index contributed by atoms with van der Waals surface area (Å²) >= 11 is 0. The zero-order valence-electron chi connectivity index (χ0n) is 15.5. The summed E-state index contributed by atoms with van der Waals surface area (Å²) in [5.41, 5.74) is 0.277. The molecular weight excluding hydrogens is 388 g/mol. The average molecular weight is 415 g/mol. The van der Waals surface area contributed by atoms with Crippen molar-refractivity contribution in [3.8, 4) is 0 Å². The quantitative estimate of drug-likeness (QED) is 0.728. The van der Waals surface area contributed by atoms with E-state index >= 15 is 0 Å². The van der Waals surface area contributed by atoms with Gasteiger partial charge in [-0.05, 0) is 44.4 Å². The summed E-state index contributed by atoms with van der Waals surface area (Å²) in [4.78, 5) is 14.6. The molecule has 2 aliphatic heterocycles. The molecule has 1 atom stereocenters. The molecule has 0 aromatic heterocycles. The third-order valence-electron chi connectivity index (χ3n) is 5.28. The van der Waals surface area contributed by atoms with Gasteiger partial charge in [-0.15, -0.1) is 0 Å². The topological polar surface area (TPSA) is 91.8 Å². The number of hydrogen-bond donors (Lipinski definition) is 0. The van der Waals surface area contributed by atoms with Gasteiger partial charge in [0.05, 0.1) is 16.4 Å². The van der Waals surface area contributed by atoms with E-state index in [1.54, 1.807) is 19.1 Å². The number of amides is 1. The van der Waals surface area contributed by atoms with Gasteiger partial charge in [0, 0.05) is 31.2 Å². The maximum absolute atomic E-state index is 13.0. The van der Waals surface area contributed by atoms with E-state index in [1.165, 1.54) is 21.3 Å². The molecule has 2 saturated heterocycles. The fourth-order valence-corrected chi connectivity index (χ4v) is 7.09. The predicted octanol–water partition coefficient (Wildman–Crippen LogP) is 1.51. The number of sulfone groups is 1. The summed E-state index contributed by atoms with van der Waals surface area (Å²) in [5, 5.41) is 0. The fourth-order valence-electron chi connectivity index (χ4n) is 3.80. The molecule has 1 aromatic rings. The standard InChI is InChI=1S/C18H26N2O5S2/c1-2-20(16-9-12-26(22,23)14-16)18(21)15-7-6-8-17(13-15)27(24,25)19-10-4-3-5-11-19/h6-8,13,16H,2-5,9-12,14H2,1H3/t16-/m1/s1. The second kappa shape index (κ2) is 7.89. The van der Waals surface area contributed by atoms with E-state index in [0.717, 1.165) is 19.3 Å². The molecule has 7 nitrogen and oxygen atoms in total. The molecule has 0 bridgehead atoms. The summed E-state index contributed by atoms with van der Waals surface area (Å²) in [6.45, 7) is 3.18. The van der Waals surface area contributed by atoms with E-state index in [9.17, 15) is 21.6 Å². The van der Waals surface area contributed by atoms with Crippen LogP contribution in [0.5, 0.6) is 0 Å². The number of piperidine rings is 1. The first-order valence-electron chi connectivity index (χ1n) is 9.36. The van der Waals surface area contributed by atoms with Crippen LogP contribution in [-0.4, -0.2) is 69.1 Å². The summed E-state index contributed by atoms with van der Waals surface area (Å²) < 4.78 is 50.7. The lowest BCUT2D eigenvalue weighted by Gasteiger charge is -2.28. The van der Waals surface area contributed by atoms with Crippen molar-refractivity contribution < 1.29 is 21.6 Å². The number of nitrogens with zero attached hydrogens (tertiary/aromatic N) is 2. The molecule has 0 saturated carbocycles. The van der Waals surface area contributed by atoms with E-state index in [0.29, 0.717) is 26.1 Å². The number of carbonyl (C=O) groups is 1. The smallest absolute Gasteiger partial charge is 0.254 e. The van der Waals surface area contributed by atoms with Crippen molar-refractivity contribution in [2.24, 2.45) is 0 Å². The molecule has 0 radical (unpaired) electrons. The van der Waals surface area contributed by atoms with Crippen LogP contribution in [0.2, 0.25) is 0 Å². The second-order valence-electron chi connectivity index (χ2n) is 7.14. The van der Waals surface area contributed by atoms with Crippen LogP contribution in [0.1, 0.15) is 43.0 Å². The Bertz CT molecular complexity index is 905. The minimum atomic E-state index is -3.62. The van der Waals surface area contributed by atoms with Crippen LogP contribution in [-0.2, 0) is 19.9 Å². The lowest BCUT2D eigenvalue weighted by Crippen LogP contribution is -2.41. The maximum atomic E-state index is 13.0. The lowest BCUT2D eigenvalue weighted by atomic mass is 10.1. The Balaban J connectivity index is 1.84. The summed E-state index contributed by atoms with van der Waals surface area (Å²) in [6.07, 6.45) is 3.14. The summed E-state index contributed by atoms with van der Waals surface area (Å²) in [7, 11) is -6.73. The molecule has 3 rings (SSSR count). The van der Waals surface area contributed by atoms with Crippen LogP contribution in [0.25, 0.3) is 0 Å². The number of sulfonamides is 1. The highest BCUT2D eigenvalue weighted by molar-refractivity contribution is 7.91. The Kier molecular flexibility index (Phi) is 5.93. The van der Waals surface area contributed by atoms with E-state index in [1.807, 2.05) is 0 Å². The molecule has 1 amide bonds. The molecule has 9 heteroatoms. The first-order valence-corrected chi connectivity index (χ1v) is 12.6. The van der Waals surface area contributed by atoms with E-state index in [4.69, 9.17) is 0 Å². The molecule has 0 spiro atoms. The molecule has 0 unspecified atom stereocenters. The maximum Gasteiger partial charge on any atom is 0.254 e. The van der Waals surface area contributed by atoms with Crippen molar-refractivity contribution in [1.29, 1.82) is 0 Å². The number of benzene rings is 1. The molecule has 0 aliphatic carbocycles. The molecule has 1 aromatic carbocycles. The summed E-state index contributed by atoms with van der Waals surface area (Å²) in [5.74, 6) is -0.265. The van der Waals surface area contributed by atoms with Gasteiger partial charge >= 0.3 is 0 Å². The van der Waals surface area contributed by atoms with Crippen molar-refractivity contribution >= 4 is 25.8 Å². The Morgan fingerprint density at radius 1 is 1.22 bits per heavy atom. The second-order valence-corrected chi connectivity index (χ2v) is 11.3. The monoisotopic (exact) mass is 414 g/mol. The van der Waals surface area contributed by atoms with E-state index < -0.39 is 19.9 Å². The number of rotatable bonds is 5. The van der Waals surface area contributed by atoms with Crippen LogP contribution in [0.3, 0.4) is 0 Å². The zero-order chi connectivity index (χ0) is 19.7. The van der Waals surface area contributed by atoms with Gasteiger partial charge in [0.15, 0.2) is 9.84 Å². The molecule has 2 fully saturated rings. The Labute approximate surface area is 161 Å². The highest BCUT2D eigenvalue weighted by Crippen LogP contribution is 2.24. The van der Waals surface area contributed by atoms with Crippen LogP contribution in [0.4, 0.5) is 0 Å². The van der Waals surface area contributed by atoms with E-state index in [-0.39, 0.29) is 33.9 Å². The fraction of sp³-hybridized carbons (Fsp3) is 0.611. The molecular formula is C18H26N2O5S2. The van der Waals surface area contributed by atoms with Crippen molar-refractivity contribution in [3.63, 3.8) is 0 Å². The van der Waals surface area contributed by atoms with Crippen molar-refractivity contribution in [1.82, 2.24) is 9.21 Å². The first-order chi connectivity index (χ1) is 12.7. The third-order valence-corrected chi connectivity index (χ3v) is 8.93. The van der Waals surface area contributed by atoms with Crippen molar-refractivity contribution in [2.75, 3.05) is 31.1 Å². The normalized spacial score (nSPS) is 23.2. The average Bonchev–Trinajstić information content (AvgIpc) is 3.02. The third kappa shape index (κ3) is 4.35. The zero-order valence-corrected chi connectivity index (χ0v) is 17.1.